The maximum atomic E-state index is 12.9. The first-order valence-electron chi connectivity index (χ1n) is 10.4. The average Bonchev–Trinajstić information content (AvgIpc) is 3.11. The molecule has 2 saturated heterocycles. The van der Waals surface area contributed by atoms with Gasteiger partial charge in [-0.1, -0.05) is 6.07 Å². The molecule has 2 aliphatic rings. The highest BCUT2D eigenvalue weighted by atomic mass is 19.4. The van der Waals surface area contributed by atoms with Gasteiger partial charge in [0.2, 0.25) is 5.91 Å². The van der Waals surface area contributed by atoms with Gasteiger partial charge in [0.25, 0.3) is 5.91 Å². The molecule has 2 amide bonds. The number of likely N-dealkylation sites (tertiary alicyclic amines) is 1. The van der Waals surface area contributed by atoms with E-state index in [4.69, 9.17) is 9.47 Å². The summed E-state index contributed by atoms with van der Waals surface area (Å²) in [7, 11) is 1.39. The number of amides is 2. The van der Waals surface area contributed by atoms with E-state index >= 15 is 0 Å². The number of ether oxygens (including phenoxy) is 2. The minimum absolute atomic E-state index is 0.0542. The van der Waals surface area contributed by atoms with Crippen LogP contribution in [0, 0.1) is 5.41 Å². The maximum absolute atomic E-state index is 12.9. The van der Waals surface area contributed by atoms with Crippen molar-refractivity contribution in [1.82, 2.24) is 19.7 Å². The van der Waals surface area contributed by atoms with Gasteiger partial charge in [0.15, 0.2) is 0 Å². The summed E-state index contributed by atoms with van der Waals surface area (Å²) in [5.74, 6) is -0.612. The van der Waals surface area contributed by atoms with Crippen LogP contribution in [0.5, 0.6) is 5.75 Å². The van der Waals surface area contributed by atoms with Crippen molar-refractivity contribution in [2.24, 2.45) is 5.41 Å². The second-order valence-electron chi connectivity index (χ2n) is 8.54. The molecule has 2 aromatic heterocycles. The van der Waals surface area contributed by atoms with Crippen LogP contribution in [-0.2, 0) is 22.3 Å². The lowest BCUT2D eigenvalue weighted by molar-refractivity contribution is -0.195. The van der Waals surface area contributed by atoms with Crippen LogP contribution in [0.25, 0.3) is 10.9 Å². The molecule has 4 heterocycles. The molecule has 0 radical (unpaired) electrons. The molecule has 0 aliphatic carbocycles. The van der Waals surface area contributed by atoms with Crippen molar-refractivity contribution in [1.29, 1.82) is 0 Å². The number of carbonyl (C=O) groups excluding carboxylic acids is 2. The van der Waals surface area contributed by atoms with Crippen LogP contribution < -0.4 is 10.1 Å². The summed E-state index contributed by atoms with van der Waals surface area (Å²) >= 11 is 0. The lowest BCUT2D eigenvalue weighted by Gasteiger charge is -2.54. The summed E-state index contributed by atoms with van der Waals surface area (Å²) < 4.78 is 50.8. The van der Waals surface area contributed by atoms with E-state index in [2.05, 4.69) is 15.4 Å². The van der Waals surface area contributed by atoms with E-state index in [1.165, 1.54) is 17.9 Å². The Morgan fingerprint density at radius 3 is 2.65 bits per heavy atom. The van der Waals surface area contributed by atoms with Gasteiger partial charge in [0.05, 0.1) is 36.9 Å². The Hall–Kier alpha value is -3.67. The van der Waals surface area contributed by atoms with Crippen LogP contribution in [0.3, 0.4) is 0 Å². The number of hydrogen-bond donors (Lipinski definition) is 1. The van der Waals surface area contributed by atoms with Crippen molar-refractivity contribution in [3.8, 4) is 5.75 Å². The molecule has 1 N–H and O–H groups in total. The number of hydrogen-bond acceptors (Lipinski definition) is 6. The minimum atomic E-state index is -4.67. The molecule has 0 bridgehead atoms. The highest BCUT2D eigenvalue weighted by Crippen LogP contribution is 2.37. The van der Waals surface area contributed by atoms with Crippen LogP contribution in [0.4, 0.5) is 18.9 Å². The van der Waals surface area contributed by atoms with Gasteiger partial charge in [0.1, 0.15) is 23.7 Å². The summed E-state index contributed by atoms with van der Waals surface area (Å²) in [6, 6.07) is 6.26. The monoisotopic (exact) mass is 475 g/mol. The molecule has 3 aromatic rings. The molecule has 178 valence electrons. The minimum Gasteiger partial charge on any atom is -0.494 e. The number of methoxy groups -OCH3 is 1. The van der Waals surface area contributed by atoms with E-state index in [1.807, 2.05) is 0 Å². The van der Waals surface area contributed by atoms with Crippen LogP contribution in [0.1, 0.15) is 16.2 Å². The molecule has 2 aliphatic heterocycles. The van der Waals surface area contributed by atoms with Crippen molar-refractivity contribution >= 4 is 28.4 Å². The Labute approximate surface area is 191 Å². The summed E-state index contributed by atoms with van der Waals surface area (Å²) in [5.41, 5.74) is -0.652. The SMILES string of the molecule is COc1cc2nn(CC(=O)N3CC4(COC4)C3)cc2cc1NC(=O)c1cccc(C(F)(F)F)n1. The number of pyridine rings is 1. The molecular formula is C22H20F3N5O4. The van der Waals surface area contributed by atoms with Crippen molar-refractivity contribution in [3.05, 3.63) is 47.9 Å². The van der Waals surface area contributed by atoms with E-state index in [9.17, 15) is 22.8 Å². The Kier molecular flexibility index (Phi) is 5.19. The Balaban J connectivity index is 1.33. The van der Waals surface area contributed by atoms with Crippen LogP contribution in [0.2, 0.25) is 0 Å². The fourth-order valence-corrected chi connectivity index (χ4v) is 4.11. The van der Waals surface area contributed by atoms with Crippen LogP contribution in [-0.4, -0.2) is 64.9 Å². The second-order valence-corrected chi connectivity index (χ2v) is 8.54. The smallest absolute Gasteiger partial charge is 0.433 e. The Morgan fingerprint density at radius 2 is 2.00 bits per heavy atom. The molecule has 2 fully saturated rings. The van der Waals surface area contributed by atoms with Gasteiger partial charge in [0, 0.05) is 30.7 Å². The lowest BCUT2D eigenvalue weighted by Crippen LogP contribution is -2.67. The summed E-state index contributed by atoms with van der Waals surface area (Å²) in [6.45, 7) is 2.80. The van der Waals surface area contributed by atoms with Crippen molar-refractivity contribution in [2.45, 2.75) is 12.7 Å². The van der Waals surface area contributed by atoms with Crippen molar-refractivity contribution in [2.75, 3.05) is 38.7 Å². The van der Waals surface area contributed by atoms with E-state index in [1.54, 1.807) is 23.2 Å². The fraction of sp³-hybridized carbons (Fsp3) is 0.364. The third-order valence-electron chi connectivity index (χ3n) is 5.91. The summed E-state index contributed by atoms with van der Waals surface area (Å²) in [4.78, 5) is 30.3. The van der Waals surface area contributed by atoms with Crippen LogP contribution in [0.15, 0.2) is 36.5 Å². The Bertz CT molecular complexity index is 1280. The number of halogens is 3. The van der Waals surface area contributed by atoms with E-state index in [-0.39, 0.29) is 35.0 Å². The topological polar surface area (TPSA) is 98.6 Å². The molecular weight excluding hydrogens is 455 g/mol. The molecule has 1 aromatic carbocycles. The molecule has 34 heavy (non-hydrogen) atoms. The number of nitrogens with one attached hydrogen (secondary N) is 1. The second kappa shape index (κ2) is 7.97. The number of rotatable bonds is 5. The number of benzene rings is 1. The third-order valence-corrected chi connectivity index (χ3v) is 5.91. The fourth-order valence-electron chi connectivity index (χ4n) is 4.11. The number of fused-ring (bicyclic) bond motifs is 1. The lowest BCUT2D eigenvalue weighted by atomic mass is 9.78. The van der Waals surface area contributed by atoms with E-state index < -0.39 is 17.8 Å². The predicted octanol–water partition coefficient (Wildman–Crippen LogP) is 2.57. The van der Waals surface area contributed by atoms with Crippen molar-refractivity contribution in [3.63, 3.8) is 0 Å². The average molecular weight is 475 g/mol. The number of nitrogens with zero attached hydrogens (tertiary/aromatic N) is 4. The first kappa shape index (κ1) is 22.1. The van der Waals surface area contributed by atoms with Gasteiger partial charge >= 0.3 is 6.18 Å². The standard InChI is InChI=1S/C22H20F3N5O4/c1-33-17-6-15-13(7-30(28-15)8-19(31)29-9-21(10-29)11-34-12-21)5-16(17)27-20(32)14-3-2-4-18(26-14)22(23,24)25/h2-7H,8-12H2,1H3,(H,27,32). The summed E-state index contributed by atoms with van der Waals surface area (Å²) in [6.07, 6.45) is -3.01. The maximum Gasteiger partial charge on any atom is 0.433 e. The van der Waals surface area contributed by atoms with Gasteiger partial charge in [-0.15, -0.1) is 0 Å². The van der Waals surface area contributed by atoms with Crippen molar-refractivity contribution < 1.29 is 32.2 Å². The van der Waals surface area contributed by atoms with Crippen LogP contribution >= 0.6 is 0 Å². The third kappa shape index (κ3) is 4.04. The molecule has 5 rings (SSSR count). The number of carbonyl (C=O) groups is 2. The highest BCUT2D eigenvalue weighted by Gasteiger charge is 2.50. The van der Waals surface area contributed by atoms with E-state index in [0.29, 0.717) is 37.2 Å². The number of alkyl halides is 3. The molecule has 0 saturated carbocycles. The number of anilines is 1. The normalized spacial score (nSPS) is 16.8. The zero-order valence-corrected chi connectivity index (χ0v) is 18.1. The van der Waals surface area contributed by atoms with Gasteiger partial charge in [-0.25, -0.2) is 4.98 Å². The highest BCUT2D eigenvalue weighted by molar-refractivity contribution is 6.05. The largest absolute Gasteiger partial charge is 0.494 e. The number of aromatic nitrogens is 3. The molecule has 0 atom stereocenters. The zero-order chi connectivity index (χ0) is 24.1. The van der Waals surface area contributed by atoms with Gasteiger partial charge in [-0.05, 0) is 18.2 Å². The van der Waals surface area contributed by atoms with Gasteiger partial charge in [-0.3, -0.25) is 14.3 Å². The first-order chi connectivity index (χ1) is 16.2. The molecule has 9 nitrogen and oxygen atoms in total. The first-order valence-corrected chi connectivity index (χ1v) is 10.4. The quantitative estimate of drug-likeness (QED) is 0.609. The molecule has 1 spiro atoms. The van der Waals surface area contributed by atoms with Gasteiger partial charge in [-0.2, -0.15) is 18.3 Å². The zero-order valence-electron chi connectivity index (χ0n) is 18.1. The predicted molar refractivity (Wildman–Crippen MR) is 113 cm³/mol. The molecule has 0 unspecified atom stereocenters. The summed E-state index contributed by atoms with van der Waals surface area (Å²) in [5, 5.41) is 7.56. The Morgan fingerprint density at radius 1 is 1.24 bits per heavy atom. The molecule has 12 heteroatoms. The van der Waals surface area contributed by atoms with E-state index in [0.717, 1.165) is 12.1 Å². The van der Waals surface area contributed by atoms with Gasteiger partial charge < -0.3 is 19.7 Å².